The van der Waals surface area contributed by atoms with Crippen molar-refractivity contribution in [3.8, 4) is 0 Å². The first-order valence-electron chi connectivity index (χ1n) is 8.45. The molecule has 0 aromatic rings. The van der Waals surface area contributed by atoms with Gasteiger partial charge in [0, 0.05) is 26.7 Å². The Bertz CT molecular complexity index is 409. The number of rotatable bonds is 8. The van der Waals surface area contributed by atoms with E-state index in [-0.39, 0.29) is 36.1 Å². The van der Waals surface area contributed by atoms with Crippen LogP contribution >= 0.6 is 24.0 Å². The van der Waals surface area contributed by atoms with Gasteiger partial charge in [0.2, 0.25) is 0 Å². The van der Waals surface area contributed by atoms with E-state index in [9.17, 15) is 4.79 Å². The van der Waals surface area contributed by atoms with Crippen LogP contribution in [0.4, 0.5) is 4.79 Å². The zero-order valence-electron chi connectivity index (χ0n) is 16.0. The molecule has 0 bridgehead atoms. The van der Waals surface area contributed by atoms with Crippen molar-refractivity contribution >= 4 is 36.0 Å². The van der Waals surface area contributed by atoms with Crippen LogP contribution in [0.1, 0.15) is 27.7 Å². The highest BCUT2D eigenvalue weighted by atomic mass is 127. The second-order valence-electron chi connectivity index (χ2n) is 6.59. The van der Waals surface area contributed by atoms with Gasteiger partial charge in [-0.15, -0.1) is 24.0 Å². The minimum absolute atomic E-state index is 0. The van der Waals surface area contributed by atoms with Crippen LogP contribution in [0.15, 0.2) is 4.99 Å². The number of methoxy groups -OCH3 is 1. The van der Waals surface area contributed by atoms with Gasteiger partial charge < -0.3 is 29.7 Å². The van der Waals surface area contributed by atoms with Crippen LogP contribution in [0.2, 0.25) is 0 Å². The third-order valence-corrected chi connectivity index (χ3v) is 3.16. The summed E-state index contributed by atoms with van der Waals surface area (Å²) in [5.74, 6) is 0.738. The Hall–Kier alpha value is -0.810. The second-order valence-corrected chi connectivity index (χ2v) is 6.59. The van der Waals surface area contributed by atoms with E-state index in [1.165, 1.54) is 0 Å². The van der Waals surface area contributed by atoms with E-state index in [4.69, 9.17) is 14.2 Å². The van der Waals surface area contributed by atoms with Gasteiger partial charge in [0.25, 0.3) is 0 Å². The molecule has 9 heteroatoms. The van der Waals surface area contributed by atoms with E-state index in [0.717, 1.165) is 12.5 Å². The van der Waals surface area contributed by atoms with Gasteiger partial charge >= 0.3 is 6.09 Å². The Morgan fingerprint density at radius 1 is 1.24 bits per heavy atom. The standard InChI is InChI=1S/C16H32N4O4.HI/c1-6-17-14(18-7-8-23-10-9-22-5)19-13-11-20(12-13)15(21)24-16(2,3)4;/h13H,6-12H2,1-5H3,(H2,17,18,19);1H. The summed E-state index contributed by atoms with van der Waals surface area (Å²) in [6, 6.07) is 0.185. The first-order valence-corrected chi connectivity index (χ1v) is 8.45. The van der Waals surface area contributed by atoms with Crippen LogP contribution in [0.25, 0.3) is 0 Å². The minimum Gasteiger partial charge on any atom is -0.444 e. The predicted molar refractivity (Wildman–Crippen MR) is 109 cm³/mol. The van der Waals surface area contributed by atoms with Crippen molar-refractivity contribution < 1.29 is 19.0 Å². The quantitative estimate of drug-likeness (QED) is 0.241. The van der Waals surface area contributed by atoms with Crippen molar-refractivity contribution in [2.24, 2.45) is 4.99 Å². The number of halogens is 1. The number of hydrogen-bond acceptors (Lipinski definition) is 5. The molecule has 0 aliphatic carbocycles. The minimum atomic E-state index is -0.463. The maximum atomic E-state index is 11.9. The molecule has 1 saturated heterocycles. The Morgan fingerprint density at radius 2 is 1.92 bits per heavy atom. The lowest BCUT2D eigenvalue weighted by Gasteiger charge is -2.40. The lowest BCUT2D eigenvalue weighted by atomic mass is 10.1. The summed E-state index contributed by atoms with van der Waals surface area (Å²) >= 11 is 0. The lowest BCUT2D eigenvalue weighted by Crippen LogP contribution is -2.63. The Labute approximate surface area is 168 Å². The van der Waals surface area contributed by atoms with Crippen molar-refractivity contribution in [2.45, 2.75) is 39.3 Å². The molecule has 8 nitrogen and oxygen atoms in total. The number of hydrogen-bond donors (Lipinski definition) is 2. The van der Waals surface area contributed by atoms with E-state index < -0.39 is 5.60 Å². The van der Waals surface area contributed by atoms with E-state index >= 15 is 0 Å². The lowest BCUT2D eigenvalue weighted by molar-refractivity contribution is 0.00700. The van der Waals surface area contributed by atoms with Crippen molar-refractivity contribution in [3.63, 3.8) is 0 Å². The smallest absolute Gasteiger partial charge is 0.410 e. The van der Waals surface area contributed by atoms with Crippen LogP contribution in [-0.4, -0.2) is 81.7 Å². The summed E-state index contributed by atoms with van der Waals surface area (Å²) in [5, 5.41) is 6.50. The molecule has 1 amide bonds. The van der Waals surface area contributed by atoms with Gasteiger partial charge in [-0.05, 0) is 27.7 Å². The fourth-order valence-corrected chi connectivity index (χ4v) is 2.03. The van der Waals surface area contributed by atoms with Crippen molar-refractivity contribution in [1.29, 1.82) is 0 Å². The summed E-state index contributed by atoms with van der Waals surface area (Å²) in [7, 11) is 1.65. The number of amides is 1. The Balaban J connectivity index is 0.00000576. The molecule has 0 aromatic carbocycles. The number of aliphatic imine (C=N–C) groups is 1. The molecule has 0 aromatic heterocycles. The third-order valence-electron chi connectivity index (χ3n) is 3.16. The number of nitrogens with zero attached hydrogens (tertiary/aromatic N) is 2. The number of nitrogens with one attached hydrogen (secondary N) is 2. The summed E-state index contributed by atoms with van der Waals surface area (Å²) in [6.07, 6.45) is -0.269. The van der Waals surface area contributed by atoms with Crippen molar-refractivity contribution in [3.05, 3.63) is 0 Å². The first-order chi connectivity index (χ1) is 11.4. The molecule has 148 valence electrons. The van der Waals surface area contributed by atoms with E-state index in [1.54, 1.807) is 12.0 Å². The van der Waals surface area contributed by atoms with Crippen LogP contribution in [0, 0.1) is 0 Å². The number of ether oxygens (including phenoxy) is 3. The van der Waals surface area contributed by atoms with Gasteiger partial charge in [-0.1, -0.05) is 0 Å². The van der Waals surface area contributed by atoms with Gasteiger partial charge in [0.15, 0.2) is 5.96 Å². The average molecular weight is 472 g/mol. The van der Waals surface area contributed by atoms with Crippen LogP contribution in [-0.2, 0) is 14.2 Å². The van der Waals surface area contributed by atoms with E-state index in [0.29, 0.717) is 39.5 Å². The predicted octanol–water partition coefficient (Wildman–Crippen LogP) is 1.44. The summed E-state index contributed by atoms with van der Waals surface area (Å²) in [5.41, 5.74) is -0.463. The molecule has 0 saturated carbocycles. The number of guanidine groups is 1. The van der Waals surface area contributed by atoms with Gasteiger partial charge in [-0.2, -0.15) is 0 Å². The summed E-state index contributed by atoms with van der Waals surface area (Å²) in [4.78, 5) is 18.0. The number of carbonyl (C=O) groups is 1. The highest BCUT2D eigenvalue weighted by molar-refractivity contribution is 14.0. The number of carbonyl (C=O) groups excluding carboxylic acids is 1. The molecular formula is C16H33IN4O4. The van der Waals surface area contributed by atoms with Gasteiger partial charge in [-0.3, -0.25) is 4.99 Å². The molecule has 0 atom stereocenters. The monoisotopic (exact) mass is 472 g/mol. The van der Waals surface area contributed by atoms with Crippen molar-refractivity contribution in [1.82, 2.24) is 15.5 Å². The molecule has 1 heterocycles. The van der Waals surface area contributed by atoms with Crippen molar-refractivity contribution in [2.75, 3.05) is 53.1 Å². The fraction of sp³-hybridized carbons (Fsp3) is 0.875. The molecule has 0 unspecified atom stereocenters. The summed E-state index contributed by atoms with van der Waals surface area (Å²) in [6.45, 7) is 11.9. The van der Waals surface area contributed by atoms with E-state index in [1.807, 2.05) is 27.7 Å². The van der Waals surface area contributed by atoms with Crippen LogP contribution < -0.4 is 10.6 Å². The molecule has 1 aliphatic rings. The Kier molecular flexibility index (Phi) is 12.1. The SMILES string of the molecule is CCNC(=NCCOCCOC)NC1CN(C(=O)OC(C)(C)C)C1.I. The van der Waals surface area contributed by atoms with E-state index in [2.05, 4.69) is 15.6 Å². The van der Waals surface area contributed by atoms with Gasteiger partial charge in [0.05, 0.1) is 32.4 Å². The zero-order valence-corrected chi connectivity index (χ0v) is 18.3. The van der Waals surface area contributed by atoms with Gasteiger partial charge in [-0.25, -0.2) is 4.79 Å². The Morgan fingerprint density at radius 3 is 2.48 bits per heavy atom. The zero-order chi connectivity index (χ0) is 18.0. The largest absolute Gasteiger partial charge is 0.444 e. The number of likely N-dealkylation sites (tertiary alicyclic amines) is 1. The van der Waals surface area contributed by atoms with Crippen LogP contribution in [0.3, 0.4) is 0 Å². The molecule has 2 N–H and O–H groups in total. The highest BCUT2D eigenvalue weighted by Crippen LogP contribution is 2.15. The maximum Gasteiger partial charge on any atom is 0.410 e. The van der Waals surface area contributed by atoms with Crippen LogP contribution in [0.5, 0.6) is 0 Å². The normalized spacial score (nSPS) is 15.2. The molecule has 25 heavy (non-hydrogen) atoms. The molecular weight excluding hydrogens is 439 g/mol. The first kappa shape index (κ1) is 24.2. The van der Waals surface area contributed by atoms with Gasteiger partial charge in [0.1, 0.15) is 5.60 Å². The molecule has 1 aliphatic heterocycles. The summed E-state index contributed by atoms with van der Waals surface area (Å²) < 4.78 is 15.6. The second kappa shape index (κ2) is 12.5. The fourth-order valence-electron chi connectivity index (χ4n) is 2.03. The average Bonchev–Trinajstić information content (AvgIpc) is 2.43. The topological polar surface area (TPSA) is 84.4 Å². The molecule has 0 spiro atoms. The maximum absolute atomic E-state index is 11.9. The highest BCUT2D eigenvalue weighted by Gasteiger charge is 2.34. The molecule has 0 radical (unpaired) electrons. The third kappa shape index (κ3) is 10.7. The molecule has 1 fully saturated rings. The molecule has 1 rings (SSSR count).